The Bertz CT molecular complexity index is 355. The summed E-state index contributed by atoms with van der Waals surface area (Å²) in [7, 11) is 0. The summed E-state index contributed by atoms with van der Waals surface area (Å²) in [6.07, 6.45) is -0.992. The molecule has 0 saturated heterocycles. The van der Waals surface area contributed by atoms with Gasteiger partial charge in [-0.3, -0.25) is 5.32 Å². The van der Waals surface area contributed by atoms with Gasteiger partial charge in [-0.05, 0) is 28.3 Å². The summed E-state index contributed by atoms with van der Waals surface area (Å²) in [5.41, 5.74) is 2.39. The number of hydrogen-bond acceptors (Lipinski definition) is 2. The third-order valence-electron chi connectivity index (χ3n) is 2.28. The summed E-state index contributed by atoms with van der Waals surface area (Å²) in [5, 5.41) is 14.0. The minimum Gasteiger partial charge on any atom is -0.465 e. The van der Waals surface area contributed by atoms with Crippen molar-refractivity contribution in [2.75, 3.05) is 5.32 Å². The van der Waals surface area contributed by atoms with Crippen molar-refractivity contribution in [2.24, 2.45) is 0 Å². The molecule has 0 fully saturated rings. The molecule has 1 heterocycles. The van der Waals surface area contributed by atoms with Crippen molar-refractivity contribution in [3.8, 4) is 0 Å². The molecule has 0 aliphatic heterocycles. The Balaban J connectivity index is 3.12. The van der Waals surface area contributed by atoms with Gasteiger partial charge in [-0.2, -0.15) is 0 Å². The molecule has 0 spiro atoms. The number of carboxylic acid groups (broad SMARTS) is 1. The molecule has 0 saturated carbocycles. The first-order valence-electron chi connectivity index (χ1n) is 5.04. The predicted octanol–water partition coefficient (Wildman–Crippen LogP) is 4.08. The summed E-state index contributed by atoms with van der Waals surface area (Å²) >= 11 is 1.47. The van der Waals surface area contributed by atoms with Crippen LogP contribution in [-0.2, 0) is 0 Å². The van der Waals surface area contributed by atoms with Gasteiger partial charge in [0.2, 0.25) is 0 Å². The standard InChI is InChI=1S/C11H17NO2S/c1-6(2)8-5-15-10(12-11(13)14)9(8)7(3)4/h5-7,12H,1-4H3,(H,13,14). The van der Waals surface area contributed by atoms with Gasteiger partial charge in [0.25, 0.3) is 0 Å². The largest absolute Gasteiger partial charge is 0.465 e. The molecule has 4 heteroatoms. The summed E-state index contributed by atoms with van der Waals surface area (Å²) in [5.74, 6) is 0.776. The first-order valence-corrected chi connectivity index (χ1v) is 5.92. The zero-order valence-corrected chi connectivity index (χ0v) is 10.3. The fourth-order valence-electron chi connectivity index (χ4n) is 1.62. The van der Waals surface area contributed by atoms with E-state index in [2.05, 4.69) is 33.0 Å². The average Bonchev–Trinajstić information content (AvgIpc) is 2.46. The van der Waals surface area contributed by atoms with Crippen LogP contribution in [0.5, 0.6) is 0 Å². The van der Waals surface area contributed by atoms with Crippen molar-refractivity contribution in [3.05, 3.63) is 16.5 Å². The highest BCUT2D eigenvalue weighted by molar-refractivity contribution is 7.14. The van der Waals surface area contributed by atoms with Gasteiger partial charge < -0.3 is 5.11 Å². The van der Waals surface area contributed by atoms with Crippen molar-refractivity contribution in [2.45, 2.75) is 39.5 Å². The van der Waals surface area contributed by atoms with Gasteiger partial charge in [0.1, 0.15) is 5.00 Å². The number of hydrogen-bond donors (Lipinski definition) is 2. The second-order valence-corrected chi connectivity index (χ2v) is 5.05. The van der Waals surface area contributed by atoms with E-state index in [9.17, 15) is 4.79 Å². The summed E-state index contributed by atoms with van der Waals surface area (Å²) < 4.78 is 0. The molecule has 1 rings (SSSR count). The van der Waals surface area contributed by atoms with E-state index in [1.54, 1.807) is 0 Å². The van der Waals surface area contributed by atoms with Crippen LogP contribution in [0.2, 0.25) is 0 Å². The molecule has 0 unspecified atom stereocenters. The van der Waals surface area contributed by atoms with E-state index >= 15 is 0 Å². The van der Waals surface area contributed by atoms with Gasteiger partial charge in [0.15, 0.2) is 0 Å². The molecule has 0 aliphatic rings. The quantitative estimate of drug-likeness (QED) is 0.817. The van der Waals surface area contributed by atoms with Crippen LogP contribution in [0, 0.1) is 0 Å². The molecule has 0 bridgehead atoms. The first-order chi connectivity index (χ1) is 6.93. The lowest BCUT2D eigenvalue weighted by Gasteiger charge is -2.12. The number of amides is 1. The van der Waals surface area contributed by atoms with Crippen molar-refractivity contribution in [1.82, 2.24) is 0 Å². The molecular formula is C11H17NO2S. The lowest BCUT2D eigenvalue weighted by molar-refractivity contribution is 0.210. The third kappa shape index (κ3) is 2.72. The Hall–Kier alpha value is -1.03. The van der Waals surface area contributed by atoms with Crippen molar-refractivity contribution in [1.29, 1.82) is 0 Å². The van der Waals surface area contributed by atoms with Crippen molar-refractivity contribution < 1.29 is 9.90 Å². The van der Waals surface area contributed by atoms with E-state index in [1.165, 1.54) is 16.9 Å². The zero-order valence-electron chi connectivity index (χ0n) is 9.50. The monoisotopic (exact) mass is 227 g/mol. The van der Waals surface area contributed by atoms with Gasteiger partial charge in [-0.1, -0.05) is 27.7 Å². The fraction of sp³-hybridized carbons (Fsp3) is 0.545. The highest BCUT2D eigenvalue weighted by Gasteiger charge is 2.17. The Kier molecular flexibility index (Phi) is 3.74. The van der Waals surface area contributed by atoms with Crippen LogP contribution < -0.4 is 5.32 Å². The normalized spacial score (nSPS) is 11.1. The van der Waals surface area contributed by atoms with Crippen LogP contribution >= 0.6 is 11.3 Å². The topological polar surface area (TPSA) is 49.3 Å². The second-order valence-electron chi connectivity index (χ2n) is 4.17. The number of anilines is 1. The predicted molar refractivity (Wildman–Crippen MR) is 64.1 cm³/mol. The number of thiophene rings is 1. The van der Waals surface area contributed by atoms with E-state index in [4.69, 9.17) is 5.11 Å². The maximum Gasteiger partial charge on any atom is 0.409 e. The minimum atomic E-state index is -0.992. The first kappa shape index (κ1) is 12.0. The SMILES string of the molecule is CC(C)c1csc(NC(=O)O)c1C(C)C. The molecule has 84 valence electrons. The number of rotatable bonds is 3. The number of nitrogens with one attached hydrogen (secondary N) is 1. The van der Waals surface area contributed by atoms with Gasteiger partial charge in [-0.15, -0.1) is 11.3 Å². The second kappa shape index (κ2) is 4.66. The molecule has 0 radical (unpaired) electrons. The van der Waals surface area contributed by atoms with E-state index < -0.39 is 6.09 Å². The van der Waals surface area contributed by atoms with Crippen molar-refractivity contribution >= 4 is 22.4 Å². The van der Waals surface area contributed by atoms with E-state index in [0.717, 1.165) is 10.6 Å². The summed E-state index contributed by atoms with van der Waals surface area (Å²) in [6, 6.07) is 0. The smallest absolute Gasteiger partial charge is 0.409 e. The fourth-order valence-corrected chi connectivity index (χ4v) is 2.89. The van der Waals surface area contributed by atoms with E-state index in [-0.39, 0.29) is 0 Å². The zero-order chi connectivity index (χ0) is 11.6. The van der Waals surface area contributed by atoms with Crippen LogP contribution in [0.15, 0.2) is 5.38 Å². The van der Waals surface area contributed by atoms with Gasteiger partial charge in [-0.25, -0.2) is 4.79 Å². The lowest BCUT2D eigenvalue weighted by atomic mass is 9.94. The highest BCUT2D eigenvalue weighted by Crippen LogP contribution is 2.37. The molecular weight excluding hydrogens is 210 g/mol. The van der Waals surface area contributed by atoms with Gasteiger partial charge in [0, 0.05) is 0 Å². The maximum absolute atomic E-state index is 10.6. The van der Waals surface area contributed by atoms with E-state index in [1.807, 2.05) is 5.38 Å². The summed E-state index contributed by atoms with van der Waals surface area (Å²) in [6.45, 7) is 8.42. The van der Waals surface area contributed by atoms with Crippen molar-refractivity contribution in [3.63, 3.8) is 0 Å². The van der Waals surface area contributed by atoms with E-state index in [0.29, 0.717) is 11.8 Å². The average molecular weight is 227 g/mol. The Morgan fingerprint density at radius 2 is 1.93 bits per heavy atom. The highest BCUT2D eigenvalue weighted by atomic mass is 32.1. The molecule has 0 atom stereocenters. The van der Waals surface area contributed by atoms with Crippen LogP contribution in [0.1, 0.15) is 50.7 Å². The Labute approximate surface area is 94.1 Å². The van der Waals surface area contributed by atoms with Crippen LogP contribution in [0.25, 0.3) is 0 Å². The molecule has 1 aromatic heterocycles. The molecule has 0 aliphatic carbocycles. The number of carbonyl (C=O) groups is 1. The summed E-state index contributed by atoms with van der Waals surface area (Å²) in [4.78, 5) is 10.6. The van der Waals surface area contributed by atoms with Crippen LogP contribution in [-0.4, -0.2) is 11.2 Å². The molecule has 0 aromatic carbocycles. The Morgan fingerprint density at radius 1 is 1.33 bits per heavy atom. The van der Waals surface area contributed by atoms with Crippen LogP contribution in [0.4, 0.5) is 9.80 Å². The Morgan fingerprint density at radius 3 is 2.33 bits per heavy atom. The third-order valence-corrected chi connectivity index (χ3v) is 3.21. The molecule has 1 aromatic rings. The van der Waals surface area contributed by atoms with Crippen LogP contribution in [0.3, 0.4) is 0 Å². The van der Waals surface area contributed by atoms with Gasteiger partial charge >= 0.3 is 6.09 Å². The molecule has 1 amide bonds. The lowest BCUT2D eigenvalue weighted by Crippen LogP contribution is -2.08. The molecule has 2 N–H and O–H groups in total. The molecule has 3 nitrogen and oxygen atoms in total. The minimum absolute atomic E-state index is 0.343. The maximum atomic E-state index is 10.6. The molecule has 15 heavy (non-hydrogen) atoms. The van der Waals surface area contributed by atoms with Gasteiger partial charge in [0.05, 0.1) is 0 Å².